The minimum absolute atomic E-state index is 1.20. The minimum Gasteiger partial charge on any atom is -0.363 e. The maximum Gasteiger partial charge on any atom is 0.0940 e. The van der Waals surface area contributed by atoms with Crippen molar-refractivity contribution in [3.63, 3.8) is 0 Å². The number of anilines is 1. The van der Waals surface area contributed by atoms with Crippen molar-refractivity contribution in [1.82, 2.24) is 0 Å². The first-order chi connectivity index (χ1) is 7.19. The Balaban J connectivity index is 2.73. The molecule has 1 rings (SSSR count). The number of aryl methyl sites for hydroxylation is 2. The SMILES string of the molecule is CCCCN(CCC)c1sc(C)cc1C. The van der Waals surface area contributed by atoms with Gasteiger partial charge in [0, 0.05) is 18.0 Å². The van der Waals surface area contributed by atoms with Crippen LogP contribution in [-0.2, 0) is 0 Å². The van der Waals surface area contributed by atoms with Gasteiger partial charge < -0.3 is 4.90 Å². The van der Waals surface area contributed by atoms with Crippen LogP contribution in [0.1, 0.15) is 43.6 Å². The third-order valence-electron chi connectivity index (χ3n) is 2.58. The molecular weight excluding hydrogens is 202 g/mol. The Morgan fingerprint density at radius 3 is 2.33 bits per heavy atom. The van der Waals surface area contributed by atoms with Crippen LogP contribution in [-0.4, -0.2) is 13.1 Å². The van der Waals surface area contributed by atoms with Gasteiger partial charge in [0.15, 0.2) is 0 Å². The van der Waals surface area contributed by atoms with Gasteiger partial charge in [0.05, 0.1) is 5.00 Å². The van der Waals surface area contributed by atoms with Crippen LogP contribution in [0, 0.1) is 13.8 Å². The van der Waals surface area contributed by atoms with Gasteiger partial charge in [-0.25, -0.2) is 0 Å². The van der Waals surface area contributed by atoms with Gasteiger partial charge in [-0.15, -0.1) is 11.3 Å². The highest BCUT2D eigenvalue weighted by molar-refractivity contribution is 7.16. The molecule has 1 aromatic rings. The molecule has 0 fully saturated rings. The average molecular weight is 225 g/mol. The van der Waals surface area contributed by atoms with E-state index in [1.165, 1.54) is 47.8 Å². The average Bonchev–Trinajstić information content (AvgIpc) is 2.52. The van der Waals surface area contributed by atoms with Crippen molar-refractivity contribution < 1.29 is 0 Å². The molecule has 0 aliphatic carbocycles. The van der Waals surface area contributed by atoms with Gasteiger partial charge >= 0.3 is 0 Å². The Morgan fingerprint density at radius 2 is 1.87 bits per heavy atom. The Hall–Kier alpha value is -0.500. The maximum absolute atomic E-state index is 2.55. The Morgan fingerprint density at radius 1 is 1.13 bits per heavy atom. The molecule has 0 aliphatic heterocycles. The number of nitrogens with zero attached hydrogens (tertiary/aromatic N) is 1. The second kappa shape index (κ2) is 6.16. The molecule has 0 saturated heterocycles. The summed E-state index contributed by atoms with van der Waals surface area (Å²) in [5.41, 5.74) is 1.45. The third kappa shape index (κ3) is 3.53. The van der Waals surface area contributed by atoms with E-state index in [4.69, 9.17) is 0 Å². The summed E-state index contributed by atoms with van der Waals surface area (Å²) in [4.78, 5) is 3.98. The molecule has 86 valence electrons. The van der Waals surface area contributed by atoms with Crippen LogP contribution in [0.25, 0.3) is 0 Å². The second-order valence-electron chi connectivity index (χ2n) is 4.19. The zero-order chi connectivity index (χ0) is 11.3. The van der Waals surface area contributed by atoms with Gasteiger partial charge in [0.25, 0.3) is 0 Å². The van der Waals surface area contributed by atoms with Crippen molar-refractivity contribution in [3.05, 3.63) is 16.5 Å². The van der Waals surface area contributed by atoms with Gasteiger partial charge in [-0.3, -0.25) is 0 Å². The number of hydrogen-bond donors (Lipinski definition) is 0. The van der Waals surface area contributed by atoms with Gasteiger partial charge in [0.2, 0.25) is 0 Å². The molecule has 0 aromatic carbocycles. The quantitative estimate of drug-likeness (QED) is 0.694. The van der Waals surface area contributed by atoms with E-state index >= 15 is 0 Å². The standard InChI is InChI=1S/C13H23NS/c1-5-7-9-14(8-6-2)13-11(3)10-12(4)15-13/h10H,5-9H2,1-4H3. The van der Waals surface area contributed by atoms with Crippen molar-refractivity contribution in [2.45, 2.75) is 47.0 Å². The molecule has 0 radical (unpaired) electrons. The van der Waals surface area contributed by atoms with Crippen LogP contribution >= 0.6 is 11.3 Å². The van der Waals surface area contributed by atoms with E-state index in [0.717, 1.165) is 0 Å². The molecule has 0 N–H and O–H groups in total. The smallest absolute Gasteiger partial charge is 0.0940 e. The lowest BCUT2D eigenvalue weighted by molar-refractivity contribution is 0.707. The van der Waals surface area contributed by atoms with Crippen LogP contribution in [0.4, 0.5) is 5.00 Å². The fourth-order valence-corrected chi connectivity index (χ4v) is 2.95. The van der Waals surface area contributed by atoms with Gasteiger partial charge in [-0.2, -0.15) is 0 Å². The van der Waals surface area contributed by atoms with Gasteiger partial charge in [-0.1, -0.05) is 20.3 Å². The summed E-state index contributed by atoms with van der Waals surface area (Å²) in [6.07, 6.45) is 3.82. The molecule has 1 nitrogen and oxygen atoms in total. The monoisotopic (exact) mass is 225 g/mol. The molecule has 1 aromatic heterocycles. The van der Waals surface area contributed by atoms with Gasteiger partial charge in [0.1, 0.15) is 0 Å². The summed E-state index contributed by atoms with van der Waals surface area (Å²) >= 11 is 1.94. The van der Waals surface area contributed by atoms with Crippen molar-refractivity contribution >= 4 is 16.3 Å². The molecule has 0 bridgehead atoms. The maximum atomic E-state index is 2.55. The first-order valence-electron chi connectivity index (χ1n) is 6.01. The molecule has 15 heavy (non-hydrogen) atoms. The summed E-state index contributed by atoms with van der Waals surface area (Å²) in [7, 11) is 0. The number of unbranched alkanes of at least 4 members (excludes halogenated alkanes) is 1. The Kier molecular flexibility index (Phi) is 5.16. The van der Waals surface area contributed by atoms with Crippen molar-refractivity contribution in [2.24, 2.45) is 0 Å². The van der Waals surface area contributed by atoms with E-state index in [-0.39, 0.29) is 0 Å². The lowest BCUT2D eigenvalue weighted by atomic mass is 10.2. The minimum atomic E-state index is 1.20. The molecule has 0 aliphatic rings. The van der Waals surface area contributed by atoms with E-state index in [9.17, 15) is 0 Å². The molecule has 1 heterocycles. The first-order valence-corrected chi connectivity index (χ1v) is 6.82. The Bertz CT molecular complexity index is 291. The van der Waals surface area contributed by atoms with Crippen LogP contribution in [0.3, 0.4) is 0 Å². The van der Waals surface area contributed by atoms with Crippen molar-refractivity contribution in [2.75, 3.05) is 18.0 Å². The van der Waals surface area contributed by atoms with Crippen LogP contribution in [0.15, 0.2) is 6.07 Å². The van der Waals surface area contributed by atoms with Crippen LogP contribution in [0.5, 0.6) is 0 Å². The number of hydrogen-bond acceptors (Lipinski definition) is 2. The highest BCUT2D eigenvalue weighted by atomic mass is 32.1. The zero-order valence-electron chi connectivity index (χ0n) is 10.5. The van der Waals surface area contributed by atoms with Gasteiger partial charge in [-0.05, 0) is 38.3 Å². The van der Waals surface area contributed by atoms with E-state index < -0.39 is 0 Å². The third-order valence-corrected chi connectivity index (χ3v) is 3.79. The largest absolute Gasteiger partial charge is 0.363 e. The fourth-order valence-electron chi connectivity index (χ4n) is 1.88. The highest BCUT2D eigenvalue weighted by Gasteiger charge is 2.10. The van der Waals surface area contributed by atoms with E-state index in [1.54, 1.807) is 0 Å². The Labute approximate surface area is 98.1 Å². The molecular formula is C13H23NS. The highest BCUT2D eigenvalue weighted by Crippen LogP contribution is 2.30. The summed E-state index contributed by atoms with van der Waals surface area (Å²) in [5, 5.41) is 1.49. The summed E-state index contributed by atoms with van der Waals surface area (Å²) in [6.45, 7) is 11.4. The summed E-state index contributed by atoms with van der Waals surface area (Å²) in [6, 6.07) is 2.30. The van der Waals surface area contributed by atoms with E-state index in [1.807, 2.05) is 11.3 Å². The molecule has 0 amide bonds. The first kappa shape index (κ1) is 12.6. The lowest BCUT2D eigenvalue weighted by Gasteiger charge is -2.23. The predicted octanol–water partition coefficient (Wildman–Crippen LogP) is 4.38. The molecule has 0 atom stereocenters. The summed E-state index contributed by atoms with van der Waals surface area (Å²) < 4.78 is 0. The number of rotatable bonds is 6. The van der Waals surface area contributed by atoms with E-state index in [2.05, 4.69) is 38.7 Å². The normalized spacial score (nSPS) is 10.7. The molecule has 2 heteroatoms. The lowest BCUT2D eigenvalue weighted by Crippen LogP contribution is -2.24. The van der Waals surface area contributed by atoms with E-state index in [0.29, 0.717) is 0 Å². The molecule has 0 spiro atoms. The predicted molar refractivity (Wildman–Crippen MR) is 71.2 cm³/mol. The van der Waals surface area contributed by atoms with Crippen LogP contribution < -0.4 is 4.90 Å². The summed E-state index contributed by atoms with van der Waals surface area (Å²) in [5.74, 6) is 0. The fraction of sp³-hybridized carbons (Fsp3) is 0.692. The topological polar surface area (TPSA) is 3.24 Å². The molecule has 0 unspecified atom stereocenters. The van der Waals surface area contributed by atoms with Crippen molar-refractivity contribution in [1.29, 1.82) is 0 Å². The van der Waals surface area contributed by atoms with Crippen molar-refractivity contribution in [3.8, 4) is 0 Å². The number of thiophene rings is 1. The second-order valence-corrected chi connectivity index (χ2v) is 5.42. The van der Waals surface area contributed by atoms with Crippen LogP contribution in [0.2, 0.25) is 0 Å². The zero-order valence-corrected chi connectivity index (χ0v) is 11.3. The molecule has 0 saturated carbocycles.